The Labute approximate surface area is 171 Å². The van der Waals surface area contributed by atoms with Crippen LogP contribution in [0.5, 0.6) is 5.19 Å². The molecule has 3 aromatic rings. The number of halogens is 1. The Morgan fingerprint density at radius 2 is 1.86 bits per heavy atom. The molecule has 1 fully saturated rings. The molecule has 0 N–H and O–H groups in total. The van der Waals surface area contributed by atoms with E-state index in [0.717, 1.165) is 11.0 Å². The SMILES string of the molecule is CS(=O)(=O)c1ccc(C(=O)N2CCC(Oc3nc4c(F)cccc4s3)CC2)cc1. The molecule has 1 amide bonds. The van der Waals surface area contributed by atoms with Crippen molar-refractivity contribution in [3.05, 3.63) is 53.8 Å². The summed E-state index contributed by atoms with van der Waals surface area (Å²) in [5, 5.41) is 0.436. The van der Waals surface area contributed by atoms with Gasteiger partial charge in [-0.05, 0) is 36.4 Å². The number of nitrogens with zero attached hydrogens (tertiary/aromatic N) is 2. The summed E-state index contributed by atoms with van der Waals surface area (Å²) in [6.07, 6.45) is 2.33. The predicted octanol–water partition coefficient (Wildman–Crippen LogP) is 3.52. The second-order valence-electron chi connectivity index (χ2n) is 6.97. The highest BCUT2D eigenvalue weighted by Crippen LogP contribution is 2.31. The minimum absolute atomic E-state index is 0.0877. The number of likely N-dealkylation sites (tertiary alicyclic amines) is 1. The molecule has 1 aliphatic rings. The van der Waals surface area contributed by atoms with Gasteiger partial charge in [0.25, 0.3) is 11.1 Å². The summed E-state index contributed by atoms with van der Waals surface area (Å²) in [6, 6.07) is 10.8. The molecule has 0 atom stereocenters. The topological polar surface area (TPSA) is 76.6 Å². The Morgan fingerprint density at radius 1 is 1.17 bits per heavy atom. The molecule has 6 nitrogen and oxygen atoms in total. The number of amides is 1. The van der Waals surface area contributed by atoms with Crippen LogP contribution in [0.4, 0.5) is 4.39 Å². The van der Waals surface area contributed by atoms with Crippen LogP contribution >= 0.6 is 11.3 Å². The number of thiazole rings is 1. The lowest BCUT2D eigenvalue weighted by molar-refractivity contribution is 0.0595. The maximum absolute atomic E-state index is 13.8. The van der Waals surface area contributed by atoms with Crippen molar-refractivity contribution in [2.24, 2.45) is 0 Å². The van der Waals surface area contributed by atoms with Gasteiger partial charge in [-0.25, -0.2) is 12.8 Å². The van der Waals surface area contributed by atoms with Gasteiger partial charge in [0.15, 0.2) is 9.84 Å². The van der Waals surface area contributed by atoms with Crippen LogP contribution in [0.1, 0.15) is 23.2 Å². The zero-order valence-corrected chi connectivity index (χ0v) is 17.3. The number of hydrogen-bond acceptors (Lipinski definition) is 6. The minimum atomic E-state index is -3.29. The molecule has 2 aromatic carbocycles. The number of benzene rings is 2. The third kappa shape index (κ3) is 4.25. The summed E-state index contributed by atoms with van der Waals surface area (Å²) in [7, 11) is -3.29. The standard InChI is InChI=1S/C20H19FN2O4S2/c1-29(25,26)15-7-5-13(6-8-15)19(24)23-11-9-14(10-12-23)27-20-22-18-16(21)3-2-4-17(18)28-20/h2-8,14H,9-12H2,1H3. The fourth-order valence-corrected chi connectivity index (χ4v) is 4.82. The van der Waals surface area contributed by atoms with Gasteiger partial charge in [-0.1, -0.05) is 17.4 Å². The fraction of sp³-hybridized carbons (Fsp3) is 0.300. The summed E-state index contributed by atoms with van der Waals surface area (Å²) in [6.45, 7) is 1.05. The van der Waals surface area contributed by atoms with Crippen molar-refractivity contribution in [2.45, 2.75) is 23.8 Å². The number of ether oxygens (including phenoxy) is 1. The van der Waals surface area contributed by atoms with E-state index in [0.29, 0.717) is 42.2 Å². The van der Waals surface area contributed by atoms with Crippen LogP contribution in [-0.2, 0) is 9.84 Å². The first-order valence-electron chi connectivity index (χ1n) is 9.12. The average molecular weight is 435 g/mol. The third-order valence-corrected chi connectivity index (χ3v) is 6.92. The van der Waals surface area contributed by atoms with Crippen LogP contribution in [0.25, 0.3) is 10.2 Å². The first kappa shape index (κ1) is 19.8. The summed E-state index contributed by atoms with van der Waals surface area (Å²) in [5.41, 5.74) is 0.774. The zero-order chi connectivity index (χ0) is 20.6. The molecule has 2 heterocycles. The Kier molecular flexibility index (Phi) is 5.26. The first-order chi connectivity index (χ1) is 13.8. The third-order valence-electron chi connectivity index (χ3n) is 4.88. The first-order valence-corrected chi connectivity index (χ1v) is 11.8. The number of fused-ring (bicyclic) bond motifs is 1. The van der Waals surface area contributed by atoms with E-state index in [1.807, 2.05) is 0 Å². The van der Waals surface area contributed by atoms with E-state index in [-0.39, 0.29) is 22.7 Å². The second kappa shape index (κ2) is 7.72. The number of para-hydroxylation sites is 1. The van der Waals surface area contributed by atoms with E-state index in [1.54, 1.807) is 17.0 Å². The van der Waals surface area contributed by atoms with Crippen molar-refractivity contribution >= 4 is 37.3 Å². The highest BCUT2D eigenvalue weighted by molar-refractivity contribution is 7.90. The number of aromatic nitrogens is 1. The predicted molar refractivity (Wildman–Crippen MR) is 109 cm³/mol. The number of hydrogen-bond donors (Lipinski definition) is 0. The maximum Gasteiger partial charge on any atom is 0.274 e. The summed E-state index contributed by atoms with van der Waals surface area (Å²) in [5.74, 6) is -0.499. The van der Waals surface area contributed by atoms with Gasteiger partial charge in [-0.2, -0.15) is 4.98 Å². The largest absolute Gasteiger partial charge is 0.467 e. The highest BCUT2D eigenvalue weighted by Gasteiger charge is 2.26. The number of piperidine rings is 1. The van der Waals surface area contributed by atoms with Gasteiger partial charge in [0, 0.05) is 37.8 Å². The molecule has 29 heavy (non-hydrogen) atoms. The molecular formula is C20H19FN2O4S2. The molecule has 152 valence electrons. The Balaban J connectivity index is 1.37. The second-order valence-corrected chi connectivity index (χ2v) is 9.98. The molecule has 0 saturated carbocycles. The van der Waals surface area contributed by atoms with E-state index in [2.05, 4.69) is 4.98 Å². The molecule has 1 aliphatic heterocycles. The zero-order valence-electron chi connectivity index (χ0n) is 15.7. The quantitative estimate of drug-likeness (QED) is 0.628. The van der Waals surface area contributed by atoms with E-state index < -0.39 is 9.84 Å². The fourth-order valence-electron chi connectivity index (χ4n) is 3.29. The van der Waals surface area contributed by atoms with Gasteiger partial charge >= 0.3 is 0 Å². The lowest BCUT2D eigenvalue weighted by Crippen LogP contribution is -2.41. The van der Waals surface area contributed by atoms with Crippen molar-refractivity contribution in [3.8, 4) is 5.19 Å². The molecule has 0 aliphatic carbocycles. The van der Waals surface area contributed by atoms with Crippen molar-refractivity contribution in [3.63, 3.8) is 0 Å². The number of carbonyl (C=O) groups excluding carboxylic acids is 1. The lowest BCUT2D eigenvalue weighted by atomic mass is 10.1. The van der Waals surface area contributed by atoms with E-state index >= 15 is 0 Å². The minimum Gasteiger partial charge on any atom is -0.467 e. The summed E-state index contributed by atoms with van der Waals surface area (Å²) < 4.78 is 43.5. The molecule has 0 spiro atoms. The van der Waals surface area contributed by atoms with Gasteiger partial charge in [0.05, 0.1) is 9.60 Å². The van der Waals surface area contributed by atoms with E-state index in [4.69, 9.17) is 4.74 Å². The molecule has 1 saturated heterocycles. The summed E-state index contributed by atoms with van der Waals surface area (Å²) in [4.78, 5) is 18.8. The van der Waals surface area contributed by atoms with E-state index in [9.17, 15) is 17.6 Å². The number of sulfone groups is 1. The molecule has 0 bridgehead atoms. The van der Waals surface area contributed by atoms with Crippen molar-refractivity contribution in [1.82, 2.24) is 9.88 Å². The van der Waals surface area contributed by atoms with E-state index in [1.165, 1.54) is 41.7 Å². The van der Waals surface area contributed by atoms with Gasteiger partial charge < -0.3 is 9.64 Å². The van der Waals surface area contributed by atoms with Crippen LogP contribution in [0, 0.1) is 5.82 Å². The molecule has 0 radical (unpaired) electrons. The van der Waals surface area contributed by atoms with Crippen molar-refractivity contribution in [2.75, 3.05) is 19.3 Å². The van der Waals surface area contributed by atoms with Crippen LogP contribution < -0.4 is 4.74 Å². The van der Waals surface area contributed by atoms with Gasteiger partial charge in [0.2, 0.25) is 0 Å². The van der Waals surface area contributed by atoms with Crippen LogP contribution in [0.3, 0.4) is 0 Å². The average Bonchev–Trinajstić information content (AvgIpc) is 3.11. The van der Waals surface area contributed by atoms with Crippen LogP contribution in [-0.4, -0.2) is 49.7 Å². The molecule has 4 rings (SSSR count). The molecule has 0 unspecified atom stereocenters. The Hall–Kier alpha value is -2.52. The van der Waals surface area contributed by atoms with Crippen LogP contribution in [0.2, 0.25) is 0 Å². The van der Waals surface area contributed by atoms with Crippen molar-refractivity contribution < 1.29 is 22.3 Å². The Bertz CT molecular complexity index is 1150. The van der Waals surface area contributed by atoms with Gasteiger partial charge in [-0.3, -0.25) is 4.79 Å². The van der Waals surface area contributed by atoms with Crippen molar-refractivity contribution in [1.29, 1.82) is 0 Å². The number of carbonyl (C=O) groups is 1. The monoisotopic (exact) mass is 434 g/mol. The highest BCUT2D eigenvalue weighted by atomic mass is 32.2. The molecule has 9 heteroatoms. The molecular weight excluding hydrogens is 415 g/mol. The molecule has 1 aromatic heterocycles. The van der Waals surface area contributed by atoms with Crippen LogP contribution in [0.15, 0.2) is 47.4 Å². The summed E-state index contributed by atoms with van der Waals surface area (Å²) >= 11 is 1.31. The maximum atomic E-state index is 13.8. The van der Waals surface area contributed by atoms with Gasteiger partial charge in [-0.15, -0.1) is 0 Å². The number of rotatable bonds is 4. The Morgan fingerprint density at radius 3 is 2.48 bits per heavy atom. The van der Waals surface area contributed by atoms with Gasteiger partial charge in [0.1, 0.15) is 17.4 Å². The normalized spacial score (nSPS) is 15.6. The lowest BCUT2D eigenvalue weighted by Gasteiger charge is -2.31. The smallest absolute Gasteiger partial charge is 0.274 e.